The van der Waals surface area contributed by atoms with Gasteiger partial charge in [0.2, 0.25) is 15.8 Å². The number of sulfonamides is 1. The molecule has 0 unspecified atom stereocenters. The molecule has 0 spiro atoms. The molecule has 2 rings (SSSR count). The lowest BCUT2D eigenvalue weighted by Gasteiger charge is -2.11. The Bertz CT molecular complexity index is 951. The van der Waals surface area contributed by atoms with Crippen LogP contribution in [0.4, 0.5) is 10.1 Å². The molecule has 0 saturated carbocycles. The molecule has 2 aromatic rings. The molecule has 6 nitrogen and oxygen atoms in total. The second-order valence-corrected chi connectivity index (χ2v) is 7.53. The Labute approximate surface area is 156 Å². The first kappa shape index (κ1) is 20.3. The predicted octanol–water partition coefficient (Wildman–Crippen LogP) is 3.03. The van der Waals surface area contributed by atoms with Gasteiger partial charge in [0, 0.05) is 17.3 Å². The van der Waals surface area contributed by atoms with E-state index in [9.17, 15) is 22.4 Å². The van der Waals surface area contributed by atoms with Crippen LogP contribution in [0.25, 0.3) is 6.08 Å². The normalized spacial score (nSPS) is 12.6. The van der Waals surface area contributed by atoms with Crippen LogP contribution in [0.15, 0.2) is 54.6 Å². The third kappa shape index (κ3) is 6.67. The van der Waals surface area contributed by atoms with Crippen molar-refractivity contribution >= 4 is 33.5 Å². The van der Waals surface area contributed by atoms with Crippen LogP contribution in [0.1, 0.15) is 22.8 Å². The molecule has 27 heavy (non-hydrogen) atoms. The third-order valence-electron chi connectivity index (χ3n) is 3.42. The summed E-state index contributed by atoms with van der Waals surface area (Å²) < 4.78 is 42.5. The summed E-state index contributed by atoms with van der Waals surface area (Å²) in [4.78, 5) is 24.1. The molecule has 142 valence electrons. The molecule has 0 aliphatic carbocycles. The lowest BCUT2D eigenvalue weighted by molar-refractivity contribution is -0.140. The zero-order valence-corrected chi connectivity index (χ0v) is 15.5. The van der Waals surface area contributed by atoms with Gasteiger partial charge >= 0.3 is 5.97 Å². The summed E-state index contributed by atoms with van der Waals surface area (Å²) in [7, 11) is -3.41. The maximum atomic E-state index is 12.8. The van der Waals surface area contributed by atoms with E-state index in [0.717, 1.165) is 12.3 Å². The van der Waals surface area contributed by atoms with Crippen molar-refractivity contribution < 1.29 is 27.1 Å². The van der Waals surface area contributed by atoms with Crippen molar-refractivity contribution in [1.29, 1.82) is 0 Å². The van der Waals surface area contributed by atoms with E-state index in [1.54, 1.807) is 0 Å². The highest BCUT2D eigenvalue weighted by Gasteiger charge is 2.18. The number of ketones is 1. The fraction of sp³-hybridized carbons (Fsp3) is 0.158. The summed E-state index contributed by atoms with van der Waals surface area (Å²) in [6.07, 6.45) is 2.59. The van der Waals surface area contributed by atoms with Gasteiger partial charge in [-0.25, -0.2) is 17.6 Å². The zero-order chi connectivity index (χ0) is 20.0. The first-order valence-electron chi connectivity index (χ1n) is 7.90. The summed E-state index contributed by atoms with van der Waals surface area (Å²) in [6.45, 7) is 1.44. The van der Waals surface area contributed by atoms with Crippen molar-refractivity contribution in [3.63, 3.8) is 0 Å². The first-order valence-corrected chi connectivity index (χ1v) is 9.79. The molecule has 2 aromatic carbocycles. The fourth-order valence-electron chi connectivity index (χ4n) is 2.16. The number of carbonyl (C=O) groups excluding carboxylic acids is 2. The molecule has 0 fully saturated rings. The van der Waals surface area contributed by atoms with Crippen LogP contribution in [0.5, 0.6) is 0 Å². The largest absolute Gasteiger partial charge is 0.451 e. The minimum absolute atomic E-state index is 0.275. The number of Topliss-reactive ketones (excluding diaryl/α,β-unsaturated/α-hetero) is 1. The van der Waals surface area contributed by atoms with Crippen LogP contribution in [0.3, 0.4) is 0 Å². The monoisotopic (exact) mass is 391 g/mol. The van der Waals surface area contributed by atoms with Crippen molar-refractivity contribution in [2.45, 2.75) is 13.0 Å². The third-order valence-corrected chi connectivity index (χ3v) is 4.02. The SMILES string of the molecule is C[C@H](OC(=O)/C=C/c1ccc(F)cc1)C(=O)c1ccc(NS(C)(=O)=O)cc1. The Morgan fingerprint density at radius 2 is 1.67 bits per heavy atom. The summed E-state index contributed by atoms with van der Waals surface area (Å²) >= 11 is 0. The topological polar surface area (TPSA) is 89.5 Å². The molecule has 0 radical (unpaired) electrons. The van der Waals surface area contributed by atoms with E-state index in [4.69, 9.17) is 4.74 Å². The molecule has 0 aliphatic rings. The van der Waals surface area contributed by atoms with Crippen LogP contribution in [-0.2, 0) is 19.6 Å². The Kier molecular flexibility index (Phi) is 6.46. The van der Waals surface area contributed by atoms with Crippen LogP contribution >= 0.6 is 0 Å². The highest BCUT2D eigenvalue weighted by molar-refractivity contribution is 7.92. The van der Waals surface area contributed by atoms with Crippen molar-refractivity contribution in [3.8, 4) is 0 Å². The number of benzene rings is 2. The van der Waals surface area contributed by atoms with Gasteiger partial charge in [0.1, 0.15) is 5.82 Å². The molecule has 0 saturated heterocycles. The molecule has 0 aliphatic heterocycles. The number of nitrogens with one attached hydrogen (secondary N) is 1. The number of rotatable bonds is 7. The average Bonchev–Trinajstić information content (AvgIpc) is 2.60. The van der Waals surface area contributed by atoms with E-state index in [-0.39, 0.29) is 11.4 Å². The maximum Gasteiger partial charge on any atom is 0.331 e. The second kappa shape index (κ2) is 8.59. The summed E-state index contributed by atoms with van der Waals surface area (Å²) in [6, 6.07) is 11.3. The van der Waals surface area contributed by atoms with Gasteiger partial charge in [-0.05, 0) is 55.0 Å². The predicted molar refractivity (Wildman–Crippen MR) is 100 cm³/mol. The van der Waals surface area contributed by atoms with E-state index < -0.39 is 27.9 Å². The molecule has 0 bridgehead atoms. The van der Waals surface area contributed by atoms with E-state index in [0.29, 0.717) is 11.3 Å². The van der Waals surface area contributed by atoms with E-state index in [1.807, 2.05) is 0 Å². The zero-order valence-electron chi connectivity index (χ0n) is 14.7. The Hall–Kier alpha value is -3.00. The number of halogens is 1. The van der Waals surface area contributed by atoms with E-state index >= 15 is 0 Å². The molecule has 1 atom stereocenters. The Balaban J connectivity index is 1.96. The summed E-state index contributed by atoms with van der Waals surface area (Å²) in [5, 5.41) is 0. The highest BCUT2D eigenvalue weighted by Crippen LogP contribution is 2.14. The minimum atomic E-state index is -3.41. The van der Waals surface area contributed by atoms with Crippen molar-refractivity contribution in [3.05, 3.63) is 71.6 Å². The van der Waals surface area contributed by atoms with Gasteiger partial charge in [0.05, 0.1) is 6.26 Å². The van der Waals surface area contributed by atoms with Crippen molar-refractivity contribution in [1.82, 2.24) is 0 Å². The molecule has 0 heterocycles. The van der Waals surface area contributed by atoms with Crippen molar-refractivity contribution in [2.24, 2.45) is 0 Å². The van der Waals surface area contributed by atoms with Gasteiger partial charge in [-0.2, -0.15) is 0 Å². The minimum Gasteiger partial charge on any atom is -0.451 e. The summed E-state index contributed by atoms with van der Waals surface area (Å²) in [5.74, 6) is -1.52. The van der Waals surface area contributed by atoms with Crippen LogP contribution in [0, 0.1) is 5.82 Å². The molecular formula is C19H18FNO5S. The summed E-state index contributed by atoms with van der Waals surface area (Å²) in [5.41, 5.74) is 1.21. The van der Waals surface area contributed by atoms with Gasteiger partial charge in [-0.3, -0.25) is 9.52 Å². The molecule has 8 heteroatoms. The van der Waals surface area contributed by atoms with Crippen LogP contribution < -0.4 is 4.72 Å². The molecule has 0 aromatic heterocycles. The molecule has 1 N–H and O–H groups in total. The van der Waals surface area contributed by atoms with Gasteiger partial charge in [0.15, 0.2) is 6.10 Å². The van der Waals surface area contributed by atoms with Gasteiger partial charge < -0.3 is 4.74 Å². The number of carbonyl (C=O) groups is 2. The number of anilines is 1. The first-order chi connectivity index (χ1) is 12.6. The standard InChI is InChI=1S/C19H18FNO5S/c1-13(26-18(22)12-5-14-3-8-16(20)9-4-14)19(23)15-6-10-17(11-7-15)21-27(2,24)25/h3-13,21H,1-2H3/b12-5+/t13-/m0/s1. The van der Waals surface area contributed by atoms with E-state index in [2.05, 4.69) is 4.72 Å². The van der Waals surface area contributed by atoms with Gasteiger partial charge in [-0.15, -0.1) is 0 Å². The quantitative estimate of drug-likeness (QED) is 0.445. The Morgan fingerprint density at radius 1 is 1.07 bits per heavy atom. The van der Waals surface area contributed by atoms with Crippen LogP contribution in [0.2, 0.25) is 0 Å². The molecular weight excluding hydrogens is 373 g/mol. The van der Waals surface area contributed by atoms with Crippen molar-refractivity contribution in [2.75, 3.05) is 11.0 Å². The van der Waals surface area contributed by atoms with Gasteiger partial charge in [-0.1, -0.05) is 12.1 Å². The average molecular weight is 391 g/mol. The number of hydrogen-bond donors (Lipinski definition) is 1. The Morgan fingerprint density at radius 3 is 2.22 bits per heavy atom. The highest BCUT2D eigenvalue weighted by atomic mass is 32.2. The van der Waals surface area contributed by atoms with E-state index in [1.165, 1.54) is 61.5 Å². The number of ether oxygens (including phenoxy) is 1. The van der Waals surface area contributed by atoms with Crippen LogP contribution in [-0.4, -0.2) is 32.5 Å². The fourth-order valence-corrected chi connectivity index (χ4v) is 2.72. The number of hydrogen-bond acceptors (Lipinski definition) is 5. The maximum absolute atomic E-state index is 12.8. The molecule has 0 amide bonds. The second-order valence-electron chi connectivity index (χ2n) is 5.78. The number of esters is 1. The lowest BCUT2D eigenvalue weighted by atomic mass is 10.1. The smallest absolute Gasteiger partial charge is 0.331 e. The van der Waals surface area contributed by atoms with Gasteiger partial charge in [0.25, 0.3) is 0 Å². The lowest BCUT2D eigenvalue weighted by Crippen LogP contribution is -2.23.